The van der Waals surface area contributed by atoms with Crippen LogP contribution in [0, 0.1) is 17.8 Å². The third-order valence-electron chi connectivity index (χ3n) is 6.89. The summed E-state index contributed by atoms with van der Waals surface area (Å²) < 4.78 is 66.4. The molecule has 2 aliphatic heterocycles. The minimum atomic E-state index is -5.08. The lowest BCUT2D eigenvalue weighted by molar-refractivity contribution is -0.321. The fourth-order valence-electron chi connectivity index (χ4n) is 5.27. The fourth-order valence-corrected chi connectivity index (χ4v) is 5.27. The largest absolute Gasteiger partial charge is 0.522 e. The van der Waals surface area contributed by atoms with Gasteiger partial charge in [-0.3, -0.25) is 23.9 Å². The number of rotatable bonds is 10. The van der Waals surface area contributed by atoms with Gasteiger partial charge in [0.1, 0.15) is 18.8 Å². The summed E-state index contributed by atoms with van der Waals surface area (Å²) in [5.41, 5.74) is 0. The zero-order valence-electron chi connectivity index (χ0n) is 18.7. The van der Waals surface area contributed by atoms with Crippen LogP contribution in [0.5, 0.6) is 0 Å². The van der Waals surface area contributed by atoms with Gasteiger partial charge in [0.15, 0.2) is 5.78 Å². The third-order valence-corrected chi connectivity index (χ3v) is 6.89. The van der Waals surface area contributed by atoms with Crippen molar-refractivity contribution < 1.29 is 51.0 Å². The van der Waals surface area contributed by atoms with Gasteiger partial charge in [-0.2, -0.15) is 0 Å². The predicted molar refractivity (Wildman–Crippen MR) is 108 cm³/mol. The Hall–Kier alpha value is -2.35. The molecular formula is C21H28F5N3O6. The maximum atomic E-state index is 13.3. The first-order valence-corrected chi connectivity index (χ1v) is 11.5. The molecule has 1 aliphatic carbocycles. The number of halogens is 5. The monoisotopic (exact) mass is 513 g/mol. The molecule has 2 saturated heterocycles. The molecule has 0 bridgehead atoms. The summed E-state index contributed by atoms with van der Waals surface area (Å²) in [5, 5.41) is 14.8. The molecule has 9 nitrogen and oxygen atoms in total. The Balaban J connectivity index is 1.77. The Morgan fingerprint density at radius 2 is 1.91 bits per heavy atom. The van der Waals surface area contributed by atoms with Crippen molar-refractivity contribution in [3.63, 3.8) is 0 Å². The van der Waals surface area contributed by atoms with Gasteiger partial charge < -0.3 is 20.6 Å². The second-order valence-electron chi connectivity index (χ2n) is 9.21. The van der Waals surface area contributed by atoms with E-state index in [0.717, 1.165) is 11.3 Å². The minimum absolute atomic E-state index is 0.0582. The molecule has 0 radical (unpaired) electrons. The van der Waals surface area contributed by atoms with Gasteiger partial charge in [-0.05, 0) is 37.5 Å². The van der Waals surface area contributed by atoms with Crippen LogP contribution < -0.4 is 10.6 Å². The molecule has 3 fully saturated rings. The van der Waals surface area contributed by atoms with Crippen molar-refractivity contribution in [1.82, 2.24) is 15.5 Å². The third kappa shape index (κ3) is 6.87. The fraction of sp³-hybridized carbons (Fsp3) is 0.810. The van der Waals surface area contributed by atoms with Crippen molar-refractivity contribution in [2.75, 3.05) is 19.7 Å². The number of carbonyl (C=O) groups is 4. The number of amides is 3. The van der Waals surface area contributed by atoms with Gasteiger partial charge in [-0.1, -0.05) is 6.42 Å². The van der Waals surface area contributed by atoms with Gasteiger partial charge in [-0.25, -0.2) is 8.78 Å². The van der Waals surface area contributed by atoms with Gasteiger partial charge in [-0.15, -0.1) is 13.2 Å². The van der Waals surface area contributed by atoms with E-state index in [1.165, 1.54) is 0 Å². The Bertz CT molecular complexity index is 826. The number of nitrogens with zero attached hydrogens (tertiary/aromatic N) is 1. The van der Waals surface area contributed by atoms with E-state index in [4.69, 9.17) is 0 Å². The normalized spacial score (nSPS) is 28.1. The Kier molecular flexibility index (Phi) is 8.67. The SMILES string of the molecule is O=C1NCCC1CC(NC(=O)[C@@H]1C2CCCC2CN1C(=O)C(O)CC(F)F)C(=O)COC(F)(F)F. The summed E-state index contributed by atoms with van der Waals surface area (Å²) in [5.74, 6) is -4.58. The van der Waals surface area contributed by atoms with Crippen LogP contribution in [0.25, 0.3) is 0 Å². The van der Waals surface area contributed by atoms with E-state index in [-0.39, 0.29) is 24.8 Å². The molecule has 14 heteroatoms. The lowest BCUT2D eigenvalue weighted by Gasteiger charge is -2.30. The highest BCUT2D eigenvalue weighted by atomic mass is 19.4. The van der Waals surface area contributed by atoms with Crippen molar-refractivity contribution in [2.24, 2.45) is 17.8 Å². The Morgan fingerprint density at radius 3 is 2.51 bits per heavy atom. The van der Waals surface area contributed by atoms with Gasteiger partial charge in [0.2, 0.25) is 18.2 Å². The van der Waals surface area contributed by atoms with Crippen LogP contribution in [0.4, 0.5) is 22.0 Å². The minimum Gasteiger partial charge on any atom is -0.383 e. The molecule has 5 unspecified atom stereocenters. The van der Waals surface area contributed by atoms with Crippen LogP contribution in [0.3, 0.4) is 0 Å². The van der Waals surface area contributed by atoms with Gasteiger partial charge in [0, 0.05) is 25.4 Å². The number of aliphatic hydroxyl groups excluding tert-OH is 1. The van der Waals surface area contributed by atoms with E-state index in [1.54, 1.807) is 0 Å². The predicted octanol–water partition coefficient (Wildman–Crippen LogP) is 0.746. The van der Waals surface area contributed by atoms with Crippen LogP contribution in [0.2, 0.25) is 0 Å². The van der Waals surface area contributed by atoms with Crippen molar-refractivity contribution in [3.8, 4) is 0 Å². The smallest absolute Gasteiger partial charge is 0.383 e. The van der Waals surface area contributed by atoms with Crippen LogP contribution in [-0.4, -0.2) is 84.2 Å². The molecule has 1 saturated carbocycles. The molecule has 0 aromatic rings. The zero-order chi connectivity index (χ0) is 25.9. The van der Waals surface area contributed by atoms with Crippen LogP contribution in [0.1, 0.15) is 38.5 Å². The lowest BCUT2D eigenvalue weighted by atomic mass is 9.92. The molecule has 2 heterocycles. The number of likely N-dealkylation sites (tertiary alicyclic amines) is 1. The average molecular weight is 513 g/mol. The molecule has 3 aliphatic rings. The maximum Gasteiger partial charge on any atom is 0.522 e. The number of nitrogens with one attached hydrogen (secondary N) is 2. The maximum absolute atomic E-state index is 13.3. The summed E-state index contributed by atoms with van der Waals surface area (Å²) in [6.45, 7) is -1.01. The molecule has 3 N–H and O–H groups in total. The van der Waals surface area contributed by atoms with Crippen LogP contribution in [0.15, 0.2) is 0 Å². The topological polar surface area (TPSA) is 125 Å². The van der Waals surface area contributed by atoms with Gasteiger partial charge in [0.05, 0.1) is 6.04 Å². The van der Waals surface area contributed by atoms with Crippen LogP contribution in [-0.2, 0) is 23.9 Å². The molecule has 198 valence electrons. The molecule has 35 heavy (non-hydrogen) atoms. The lowest BCUT2D eigenvalue weighted by Crippen LogP contribution is -2.55. The van der Waals surface area contributed by atoms with Crippen molar-refractivity contribution >= 4 is 23.5 Å². The molecular weight excluding hydrogens is 485 g/mol. The second kappa shape index (κ2) is 11.1. The standard InChI is InChI=1S/C21H28F5N3O6/c22-16(23)7-14(30)20(34)29-8-11-2-1-3-12(11)17(29)19(33)28-13(6-10-4-5-27-18(10)32)15(31)9-35-21(24,25)26/h10-14,16-17,30H,1-9H2,(H,27,32)(H,28,33)/t10?,11?,12?,13?,14?,17-/m0/s1. The van der Waals surface area contributed by atoms with Crippen LogP contribution >= 0.6 is 0 Å². The first kappa shape index (κ1) is 27.2. The Morgan fingerprint density at radius 1 is 1.20 bits per heavy atom. The first-order valence-electron chi connectivity index (χ1n) is 11.5. The van der Waals surface area contributed by atoms with E-state index in [0.29, 0.717) is 25.8 Å². The van der Waals surface area contributed by atoms with E-state index in [9.17, 15) is 46.2 Å². The number of aliphatic hydroxyl groups is 1. The number of fused-ring (bicyclic) bond motifs is 1. The summed E-state index contributed by atoms with van der Waals surface area (Å²) in [6.07, 6.45) is -9.14. The quantitative estimate of drug-likeness (QED) is 0.371. The summed E-state index contributed by atoms with van der Waals surface area (Å²) in [6, 6.07) is -2.68. The number of Topliss-reactive ketones (excluding diaryl/α,β-unsaturated/α-hetero) is 1. The number of alkyl halides is 5. The number of hydrogen-bond donors (Lipinski definition) is 3. The number of ketones is 1. The summed E-state index contributed by atoms with van der Waals surface area (Å²) in [4.78, 5) is 51.5. The summed E-state index contributed by atoms with van der Waals surface area (Å²) >= 11 is 0. The van der Waals surface area contributed by atoms with Crippen molar-refractivity contribution in [2.45, 2.75) is 69.5 Å². The highest BCUT2D eigenvalue weighted by Crippen LogP contribution is 2.42. The summed E-state index contributed by atoms with van der Waals surface area (Å²) in [7, 11) is 0. The molecule has 0 aromatic carbocycles. The highest BCUT2D eigenvalue weighted by Gasteiger charge is 2.51. The zero-order valence-corrected chi connectivity index (χ0v) is 18.7. The molecule has 3 amide bonds. The van der Waals surface area contributed by atoms with E-state index in [1.807, 2.05) is 0 Å². The highest BCUT2D eigenvalue weighted by molar-refractivity contribution is 5.95. The van der Waals surface area contributed by atoms with Gasteiger partial charge in [0.25, 0.3) is 5.91 Å². The average Bonchev–Trinajstić information content (AvgIpc) is 3.46. The molecule has 6 atom stereocenters. The number of ether oxygens (including phenoxy) is 1. The molecule has 0 aromatic heterocycles. The van der Waals surface area contributed by atoms with E-state index in [2.05, 4.69) is 15.4 Å². The number of hydrogen-bond acceptors (Lipinski definition) is 6. The first-order chi connectivity index (χ1) is 16.4. The number of carbonyl (C=O) groups excluding carboxylic acids is 4. The second-order valence-corrected chi connectivity index (χ2v) is 9.21. The Labute approximate surface area is 197 Å². The van der Waals surface area contributed by atoms with Crippen molar-refractivity contribution in [3.05, 3.63) is 0 Å². The van der Waals surface area contributed by atoms with E-state index >= 15 is 0 Å². The van der Waals surface area contributed by atoms with Crippen molar-refractivity contribution in [1.29, 1.82) is 0 Å². The molecule has 0 spiro atoms. The van der Waals surface area contributed by atoms with E-state index < -0.39 is 73.4 Å². The van der Waals surface area contributed by atoms with Gasteiger partial charge >= 0.3 is 6.36 Å². The molecule has 3 rings (SSSR count).